The first-order valence-corrected chi connectivity index (χ1v) is 9.25. The van der Waals surface area contributed by atoms with E-state index in [2.05, 4.69) is 38.8 Å². The monoisotopic (exact) mass is 493 g/mol. The molecule has 10 heteroatoms. The highest BCUT2D eigenvalue weighted by molar-refractivity contribution is 14.1. The molecule has 2 amide bonds. The predicted octanol–water partition coefficient (Wildman–Crippen LogP) is 1.67. The van der Waals surface area contributed by atoms with Crippen molar-refractivity contribution in [1.29, 1.82) is 0 Å². The molecule has 0 fully saturated rings. The summed E-state index contributed by atoms with van der Waals surface area (Å²) in [6.45, 7) is 2.21. The van der Waals surface area contributed by atoms with Crippen molar-refractivity contribution in [2.45, 2.75) is 26.2 Å². The highest BCUT2D eigenvalue weighted by Gasteiger charge is 2.11. The van der Waals surface area contributed by atoms with Gasteiger partial charge in [-0.1, -0.05) is 6.92 Å². The molecule has 8 nitrogen and oxygen atoms in total. The Morgan fingerprint density at radius 3 is 2.54 bits per heavy atom. The fraction of sp³-hybridized carbons (Fsp3) is 0.375. The number of nitrogens with one attached hydrogen (secondary N) is 3. The number of thiocarbonyl (C=S) groups is 1. The van der Waals surface area contributed by atoms with Gasteiger partial charge in [0.15, 0.2) is 5.11 Å². The van der Waals surface area contributed by atoms with Crippen LogP contribution in [0.5, 0.6) is 5.75 Å². The van der Waals surface area contributed by atoms with E-state index in [9.17, 15) is 14.4 Å². The fourth-order valence-electron chi connectivity index (χ4n) is 1.72. The zero-order chi connectivity index (χ0) is 19.5. The summed E-state index contributed by atoms with van der Waals surface area (Å²) in [6.07, 6.45) is 0.624. The van der Waals surface area contributed by atoms with Crippen LogP contribution in [0.2, 0.25) is 0 Å². The number of methoxy groups -OCH3 is 1. The lowest BCUT2D eigenvalue weighted by atomic mass is 10.2. The maximum Gasteiger partial charge on any atom is 0.306 e. The van der Waals surface area contributed by atoms with Crippen LogP contribution in [0, 0.1) is 3.57 Å². The number of hydrogen-bond acceptors (Lipinski definition) is 6. The average molecular weight is 493 g/mol. The van der Waals surface area contributed by atoms with Crippen LogP contribution in [-0.2, 0) is 14.3 Å². The van der Waals surface area contributed by atoms with Crippen LogP contribution in [0.4, 0.5) is 0 Å². The van der Waals surface area contributed by atoms with Gasteiger partial charge in [0, 0.05) is 12.0 Å². The Bertz CT molecular complexity index is 684. The number of esters is 1. The highest BCUT2D eigenvalue weighted by atomic mass is 127. The van der Waals surface area contributed by atoms with Gasteiger partial charge in [-0.2, -0.15) is 0 Å². The molecule has 1 aromatic carbocycles. The Morgan fingerprint density at radius 1 is 1.19 bits per heavy atom. The van der Waals surface area contributed by atoms with E-state index >= 15 is 0 Å². The van der Waals surface area contributed by atoms with Gasteiger partial charge in [-0.15, -0.1) is 0 Å². The van der Waals surface area contributed by atoms with Crippen molar-refractivity contribution >= 4 is 57.7 Å². The summed E-state index contributed by atoms with van der Waals surface area (Å²) in [6, 6.07) is 4.93. The second kappa shape index (κ2) is 11.6. The number of halogens is 1. The van der Waals surface area contributed by atoms with E-state index in [1.807, 2.05) is 6.92 Å². The van der Waals surface area contributed by atoms with Crippen molar-refractivity contribution in [3.8, 4) is 5.75 Å². The van der Waals surface area contributed by atoms with Crippen LogP contribution < -0.4 is 20.9 Å². The van der Waals surface area contributed by atoms with E-state index in [1.165, 1.54) is 0 Å². The van der Waals surface area contributed by atoms with Gasteiger partial charge in [0.2, 0.25) is 5.91 Å². The van der Waals surface area contributed by atoms with Gasteiger partial charge < -0.3 is 14.8 Å². The minimum absolute atomic E-state index is 0.0366. The van der Waals surface area contributed by atoms with Crippen LogP contribution in [-0.4, -0.2) is 36.6 Å². The lowest BCUT2D eigenvalue weighted by Crippen LogP contribution is -2.48. The molecule has 0 heterocycles. The molecule has 0 spiro atoms. The van der Waals surface area contributed by atoms with Gasteiger partial charge in [0.25, 0.3) is 5.91 Å². The van der Waals surface area contributed by atoms with Crippen molar-refractivity contribution in [1.82, 2.24) is 16.2 Å². The molecule has 0 saturated carbocycles. The van der Waals surface area contributed by atoms with Crippen LogP contribution in [0.1, 0.15) is 36.5 Å². The van der Waals surface area contributed by atoms with Gasteiger partial charge in [0.05, 0.1) is 23.7 Å². The molecule has 0 radical (unpaired) electrons. The molecular formula is C16H20IN3O5S. The third-order valence-corrected chi connectivity index (χ3v) is 4.03. The van der Waals surface area contributed by atoms with Crippen LogP contribution >= 0.6 is 34.8 Å². The molecule has 0 atom stereocenters. The number of rotatable bonds is 7. The molecule has 0 aromatic heterocycles. The minimum atomic E-state index is -0.454. The average Bonchev–Trinajstić information content (AvgIpc) is 2.62. The number of carbonyl (C=O) groups excluding carboxylic acids is 3. The lowest BCUT2D eigenvalue weighted by molar-refractivity contribution is -0.144. The number of benzene rings is 1. The molecular weight excluding hydrogens is 473 g/mol. The van der Waals surface area contributed by atoms with E-state index in [0.717, 1.165) is 9.99 Å². The molecule has 1 rings (SSSR count). The topological polar surface area (TPSA) is 106 Å². The smallest absolute Gasteiger partial charge is 0.306 e. The maximum absolute atomic E-state index is 12.1. The van der Waals surface area contributed by atoms with Crippen molar-refractivity contribution in [2.24, 2.45) is 0 Å². The molecule has 0 aliphatic carbocycles. The van der Waals surface area contributed by atoms with E-state index in [0.29, 0.717) is 17.9 Å². The minimum Gasteiger partial charge on any atom is -0.496 e. The Balaban J connectivity index is 2.37. The first-order valence-electron chi connectivity index (χ1n) is 7.76. The van der Waals surface area contributed by atoms with Crippen LogP contribution in [0.15, 0.2) is 18.2 Å². The number of carbonyl (C=O) groups is 3. The van der Waals surface area contributed by atoms with Crippen LogP contribution in [0.3, 0.4) is 0 Å². The molecule has 3 N–H and O–H groups in total. The second-order valence-electron chi connectivity index (χ2n) is 5.03. The third kappa shape index (κ3) is 7.95. The van der Waals surface area contributed by atoms with Gasteiger partial charge in [-0.05, 0) is 59.4 Å². The molecule has 142 valence electrons. The van der Waals surface area contributed by atoms with Gasteiger partial charge in [-0.3, -0.25) is 25.2 Å². The van der Waals surface area contributed by atoms with E-state index in [1.54, 1.807) is 25.3 Å². The van der Waals surface area contributed by atoms with E-state index in [4.69, 9.17) is 21.7 Å². The fourth-order valence-corrected chi connectivity index (χ4v) is 2.62. The SMILES string of the molecule is CCCOC(=O)CCC(=O)NC(=S)NNC(=O)c1ccc(OC)c(I)c1. The highest BCUT2D eigenvalue weighted by Crippen LogP contribution is 2.21. The first-order chi connectivity index (χ1) is 12.4. The Labute approximate surface area is 170 Å². The normalized spacial score (nSPS) is 9.81. The molecule has 1 aromatic rings. The number of hydrogen-bond donors (Lipinski definition) is 3. The maximum atomic E-state index is 12.1. The predicted molar refractivity (Wildman–Crippen MR) is 108 cm³/mol. The Hall–Kier alpha value is -1.95. The molecule has 0 aliphatic heterocycles. The third-order valence-electron chi connectivity index (χ3n) is 2.98. The molecule has 26 heavy (non-hydrogen) atoms. The van der Waals surface area contributed by atoms with Crippen molar-refractivity contribution in [3.63, 3.8) is 0 Å². The summed E-state index contributed by atoms with van der Waals surface area (Å²) in [5.41, 5.74) is 5.21. The molecule has 0 bridgehead atoms. The largest absolute Gasteiger partial charge is 0.496 e. The van der Waals surface area contributed by atoms with Crippen molar-refractivity contribution < 1.29 is 23.9 Å². The summed E-state index contributed by atoms with van der Waals surface area (Å²) in [7, 11) is 1.55. The molecule has 0 saturated heterocycles. The Morgan fingerprint density at radius 2 is 1.92 bits per heavy atom. The summed E-state index contributed by atoms with van der Waals surface area (Å²) in [4.78, 5) is 35.1. The quantitative estimate of drug-likeness (QED) is 0.230. The standard InChI is InChI=1S/C16H20IN3O5S/c1-3-8-25-14(22)7-6-13(21)18-16(26)20-19-15(23)10-4-5-12(24-2)11(17)9-10/h4-5,9H,3,6-8H2,1-2H3,(H,19,23)(H2,18,20,21,26). The zero-order valence-electron chi connectivity index (χ0n) is 14.4. The van der Waals surface area contributed by atoms with E-state index in [-0.39, 0.29) is 18.0 Å². The van der Waals surface area contributed by atoms with Crippen LogP contribution in [0.25, 0.3) is 0 Å². The van der Waals surface area contributed by atoms with Crippen molar-refractivity contribution in [2.75, 3.05) is 13.7 Å². The second-order valence-corrected chi connectivity index (χ2v) is 6.60. The summed E-state index contributed by atoms with van der Waals surface area (Å²) < 4.78 is 10.8. The van der Waals surface area contributed by atoms with Crippen molar-refractivity contribution in [3.05, 3.63) is 27.3 Å². The number of amides is 2. The number of hydrazine groups is 1. The molecule has 0 aliphatic rings. The van der Waals surface area contributed by atoms with Gasteiger partial charge in [0.1, 0.15) is 5.75 Å². The summed E-state index contributed by atoms with van der Waals surface area (Å²) in [5.74, 6) is -0.659. The summed E-state index contributed by atoms with van der Waals surface area (Å²) >= 11 is 6.97. The summed E-state index contributed by atoms with van der Waals surface area (Å²) in [5, 5.41) is 2.29. The number of ether oxygens (including phenoxy) is 2. The zero-order valence-corrected chi connectivity index (χ0v) is 17.4. The lowest BCUT2D eigenvalue weighted by Gasteiger charge is -2.11. The van der Waals surface area contributed by atoms with E-state index < -0.39 is 17.8 Å². The van der Waals surface area contributed by atoms with Gasteiger partial charge in [-0.25, -0.2) is 0 Å². The van der Waals surface area contributed by atoms with Gasteiger partial charge >= 0.3 is 5.97 Å². The first kappa shape index (κ1) is 22.1. The molecule has 0 unspecified atom stereocenters. The Kier molecular flexibility index (Phi) is 9.88.